The van der Waals surface area contributed by atoms with Crippen molar-refractivity contribution < 1.29 is 14.3 Å². The highest BCUT2D eigenvalue weighted by molar-refractivity contribution is 6.36. The second-order valence-corrected chi connectivity index (χ2v) is 9.50. The highest BCUT2D eigenvalue weighted by Crippen LogP contribution is 2.36. The lowest BCUT2D eigenvalue weighted by Crippen LogP contribution is -2.14. The quantitative estimate of drug-likeness (QED) is 0.186. The molecule has 0 fully saturated rings. The van der Waals surface area contributed by atoms with Crippen LogP contribution in [0, 0.1) is 0 Å². The zero-order valence-corrected chi connectivity index (χ0v) is 22.2. The van der Waals surface area contributed by atoms with Crippen LogP contribution in [0.3, 0.4) is 0 Å². The van der Waals surface area contributed by atoms with Crippen LogP contribution in [0.15, 0.2) is 91.5 Å². The Kier molecular flexibility index (Phi) is 7.50. The van der Waals surface area contributed by atoms with Gasteiger partial charge in [0.05, 0.1) is 23.5 Å². The van der Waals surface area contributed by atoms with Crippen LogP contribution in [-0.4, -0.2) is 22.6 Å². The molecule has 0 aliphatic rings. The zero-order valence-electron chi connectivity index (χ0n) is 20.7. The minimum Gasteiger partial charge on any atom is -0.489 e. The molecule has 0 spiro atoms. The number of ether oxygens (including phenoxy) is 2. The van der Waals surface area contributed by atoms with E-state index >= 15 is 0 Å². The minimum absolute atomic E-state index is 0.0320. The standard InChI is InChI=1S/C31H24Cl2N2O3/c1-3-28-30(26-14-12-24(32)17-27(26)33)34-31(35(28)18-29(36)37-2)23-10-9-22-16-25(13-11-21(22)15-23)38-19-20-7-5-4-6-8-20/h3-17H,1,18-19H2,2H3. The lowest BCUT2D eigenvalue weighted by molar-refractivity contribution is -0.141. The van der Waals surface area contributed by atoms with E-state index in [-0.39, 0.29) is 6.54 Å². The summed E-state index contributed by atoms with van der Waals surface area (Å²) < 4.78 is 12.7. The van der Waals surface area contributed by atoms with Gasteiger partial charge in [0.2, 0.25) is 0 Å². The van der Waals surface area contributed by atoms with Crippen LogP contribution in [-0.2, 0) is 22.7 Å². The van der Waals surface area contributed by atoms with Gasteiger partial charge >= 0.3 is 5.97 Å². The van der Waals surface area contributed by atoms with E-state index in [0.717, 1.165) is 27.6 Å². The van der Waals surface area contributed by atoms with E-state index in [9.17, 15) is 4.79 Å². The molecule has 190 valence electrons. The molecule has 4 aromatic carbocycles. The molecule has 1 heterocycles. The fraction of sp³-hybridized carbons (Fsp3) is 0.0968. The second-order valence-electron chi connectivity index (χ2n) is 8.66. The Morgan fingerprint density at radius 2 is 1.74 bits per heavy atom. The Bertz CT molecular complexity index is 1640. The number of carbonyl (C=O) groups excluding carboxylic acids is 1. The molecule has 0 bridgehead atoms. The fourth-order valence-electron chi connectivity index (χ4n) is 4.32. The maximum atomic E-state index is 12.3. The van der Waals surface area contributed by atoms with Crippen LogP contribution in [0.4, 0.5) is 0 Å². The zero-order chi connectivity index (χ0) is 26.6. The van der Waals surface area contributed by atoms with Crippen LogP contribution >= 0.6 is 23.2 Å². The number of halogens is 2. The van der Waals surface area contributed by atoms with Crippen molar-refractivity contribution in [1.82, 2.24) is 9.55 Å². The number of fused-ring (bicyclic) bond motifs is 1. The Morgan fingerprint density at radius 1 is 0.974 bits per heavy atom. The van der Waals surface area contributed by atoms with Gasteiger partial charge in [-0.1, -0.05) is 78.3 Å². The van der Waals surface area contributed by atoms with Gasteiger partial charge in [-0.15, -0.1) is 0 Å². The van der Waals surface area contributed by atoms with Crippen LogP contribution in [0.2, 0.25) is 10.0 Å². The largest absolute Gasteiger partial charge is 0.489 e. The predicted octanol–water partition coefficient (Wildman–Crippen LogP) is 8.07. The van der Waals surface area contributed by atoms with Gasteiger partial charge in [-0.2, -0.15) is 0 Å². The number of hydrogen-bond acceptors (Lipinski definition) is 4. The number of benzene rings is 4. The molecule has 5 aromatic rings. The summed E-state index contributed by atoms with van der Waals surface area (Å²) in [6, 6.07) is 27.3. The van der Waals surface area contributed by atoms with Crippen molar-refractivity contribution in [2.75, 3.05) is 7.11 Å². The van der Waals surface area contributed by atoms with E-state index in [1.165, 1.54) is 7.11 Å². The summed E-state index contributed by atoms with van der Waals surface area (Å²) in [6.07, 6.45) is 1.66. The first-order chi connectivity index (χ1) is 18.5. The van der Waals surface area contributed by atoms with Crippen molar-refractivity contribution in [3.8, 4) is 28.4 Å². The van der Waals surface area contributed by atoms with Crippen molar-refractivity contribution >= 4 is 46.0 Å². The van der Waals surface area contributed by atoms with E-state index < -0.39 is 5.97 Å². The van der Waals surface area contributed by atoms with E-state index in [0.29, 0.717) is 39.4 Å². The number of methoxy groups -OCH3 is 1. The number of aromatic nitrogens is 2. The smallest absolute Gasteiger partial charge is 0.325 e. The Hall–Kier alpha value is -4.06. The Morgan fingerprint density at radius 3 is 2.47 bits per heavy atom. The molecule has 1 aromatic heterocycles. The summed E-state index contributed by atoms with van der Waals surface area (Å²) in [7, 11) is 1.36. The molecule has 0 aliphatic heterocycles. The third kappa shape index (κ3) is 5.30. The van der Waals surface area contributed by atoms with Gasteiger partial charge < -0.3 is 14.0 Å². The summed E-state index contributed by atoms with van der Waals surface area (Å²) in [5, 5.41) is 3.01. The molecular formula is C31H24Cl2N2O3. The van der Waals surface area contributed by atoms with E-state index in [1.807, 2.05) is 72.8 Å². The molecule has 0 amide bonds. The van der Waals surface area contributed by atoms with Crippen LogP contribution in [0.1, 0.15) is 11.3 Å². The summed E-state index contributed by atoms with van der Waals surface area (Å²) in [6.45, 7) is 4.43. The topological polar surface area (TPSA) is 53.4 Å². The van der Waals surface area contributed by atoms with Crippen molar-refractivity contribution in [2.45, 2.75) is 13.2 Å². The van der Waals surface area contributed by atoms with Gasteiger partial charge in [-0.05, 0) is 58.8 Å². The van der Waals surface area contributed by atoms with Crippen molar-refractivity contribution in [1.29, 1.82) is 0 Å². The summed E-state index contributed by atoms with van der Waals surface area (Å²) >= 11 is 12.6. The summed E-state index contributed by atoms with van der Waals surface area (Å²) in [5.74, 6) is 0.981. The number of esters is 1. The molecule has 0 atom stereocenters. The maximum Gasteiger partial charge on any atom is 0.325 e. The molecule has 0 saturated carbocycles. The number of nitrogens with zero attached hydrogens (tertiary/aromatic N) is 2. The normalized spacial score (nSPS) is 10.9. The molecular weight excluding hydrogens is 519 g/mol. The van der Waals surface area contributed by atoms with E-state index in [2.05, 4.69) is 6.58 Å². The average Bonchev–Trinajstić information content (AvgIpc) is 3.29. The van der Waals surface area contributed by atoms with Gasteiger partial charge in [-0.25, -0.2) is 4.98 Å². The number of carbonyl (C=O) groups is 1. The minimum atomic E-state index is -0.401. The van der Waals surface area contributed by atoms with Crippen LogP contribution in [0.5, 0.6) is 5.75 Å². The van der Waals surface area contributed by atoms with Gasteiger partial charge in [-0.3, -0.25) is 4.79 Å². The first-order valence-electron chi connectivity index (χ1n) is 11.9. The molecule has 38 heavy (non-hydrogen) atoms. The van der Waals surface area contributed by atoms with Crippen molar-refractivity contribution in [2.24, 2.45) is 0 Å². The number of imidazole rings is 1. The average molecular weight is 543 g/mol. The summed E-state index contributed by atoms with van der Waals surface area (Å²) in [4.78, 5) is 17.3. The van der Waals surface area contributed by atoms with Crippen LogP contribution in [0.25, 0.3) is 39.5 Å². The molecule has 0 unspecified atom stereocenters. The summed E-state index contributed by atoms with van der Waals surface area (Å²) in [5.41, 5.74) is 3.88. The third-order valence-electron chi connectivity index (χ3n) is 6.22. The van der Waals surface area contributed by atoms with E-state index in [1.54, 1.807) is 22.8 Å². The molecule has 0 N–H and O–H groups in total. The monoisotopic (exact) mass is 542 g/mol. The molecule has 0 saturated heterocycles. The highest BCUT2D eigenvalue weighted by atomic mass is 35.5. The van der Waals surface area contributed by atoms with Crippen molar-refractivity contribution in [3.05, 3.63) is 113 Å². The van der Waals surface area contributed by atoms with Gasteiger partial charge in [0.1, 0.15) is 24.7 Å². The highest BCUT2D eigenvalue weighted by Gasteiger charge is 2.22. The lowest BCUT2D eigenvalue weighted by Gasteiger charge is -2.11. The predicted molar refractivity (Wildman–Crippen MR) is 154 cm³/mol. The molecule has 7 heteroatoms. The SMILES string of the molecule is C=Cc1c(-c2ccc(Cl)cc2Cl)nc(-c2ccc3cc(OCc4ccccc4)ccc3c2)n1CC(=O)OC. The molecule has 0 radical (unpaired) electrons. The van der Waals surface area contributed by atoms with Gasteiger partial charge in [0.15, 0.2) is 0 Å². The van der Waals surface area contributed by atoms with Gasteiger partial charge in [0.25, 0.3) is 0 Å². The van der Waals surface area contributed by atoms with Gasteiger partial charge in [0, 0.05) is 16.1 Å². The fourth-order valence-corrected chi connectivity index (χ4v) is 4.82. The first-order valence-corrected chi connectivity index (χ1v) is 12.7. The van der Waals surface area contributed by atoms with Crippen molar-refractivity contribution in [3.63, 3.8) is 0 Å². The Balaban J connectivity index is 1.55. The third-order valence-corrected chi connectivity index (χ3v) is 6.77. The first kappa shape index (κ1) is 25.6. The molecule has 5 nitrogen and oxygen atoms in total. The van der Waals surface area contributed by atoms with Crippen LogP contribution < -0.4 is 4.74 Å². The number of hydrogen-bond donors (Lipinski definition) is 0. The van der Waals surface area contributed by atoms with E-state index in [4.69, 9.17) is 37.7 Å². The maximum absolute atomic E-state index is 12.3. The molecule has 5 rings (SSSR count). The second kappa shape index (κ2) is 11.1. The number of rotatable bonds is 8. The molecule has 0 aliphatic carbocycles. The lowest BCUT2D eigenvalue weighted by atomic mass is 10.1. The Labute approximate surface area is 230 Å².